The Balaban J connectivity index is -0.0000000842. The van der Waals surface area contributed by atoms with Gasteiger partial charge in [0.2, 0.25) is 5.91 Å². The molecule has 17 N–H and O–H groups in total. The second kappa shape index (κ2) is 31.3. The Morgan fingerprint density at radius 1 is 0.500 bits per heavy atom. The third-order valence-corrected chi connectivity index (χ3v) is 3.89. The van der Waals surface area contributed by atoms with Crippen molar-refractivity contribution in [1.82, 2.24) is 0 Å². The van der Waals surface area contributed by atoms with Crippen LogP contribution in [0.4, 0.5) is 0 Å². The summed E-state index contributed by atoms with van der Waals surface area (Å²) in [4.78, 5) is 88.4. The second-order valence-electron chi connectivity index (χ2n) is 8.75. The van der Waals surface area contributed by atoms with Crippen molar-refractivity contribution in [1.29, 1.82) is 0 Å². The molecule has 1 amide bonds. The van der Waals surface area contributed by atoms with Crippen molar-refractivity contribution in [2.24, 2.45) is 40.3 Å². The first-order valence-corrected chi connectivity index (χ1v) is 12.0. The van der Waals surface area contributed by atoms with Gasteiger partial charge in [0, 0.05) is 37.2 Å². The molecule has 0 aliphatic carbocycles. The Labute approximate surface area is 292 Å². The number of hydrogen-bond donors (Lipinski definition) is 11. The zero-order valence-corrected chi connectivity index (χ0v) is 27.0. The smallest absolute Gasteiger partial charge is 0.550 e. The average Bonchev–Trinajstić information content (AvgIpc) is 2.83. The van der Waals surface area contributed by atoms with Crippen LogP contribution in [-0.4, -0.2) is 147 Å². The molecule has 0 saturated heterocycles. The Kier molecular flexibility index (Phi) is 37.2. The molecule has 0 aliphatic rings. The maximum atomic E-state index is 10.1. The van der Waals surface area contributed by atoms with Crippen LogP contribution in [-0.2, 0) is 43.2 Å². The molecule has 24 heteroatoms. The predicted octanol–water partition coefficient (Wildman–Crippen LogP) is -8.94. The van der Waals surface area contributed by atoms with Gasteiger partial charge in [-0.2, -0.15) is 0 Å². The first-order chi connectivity index (χ1) is 20.2. The van der Waals surface area contributed by atoms with Crippen LogP contribution in [0.5, 0.6) is 0 Å². The number of nitrogens with two attached hydrogens (primary N) is 6. The van der Waals surface area contributed by atoms with Gasteiger partial charge in [-0.3, -0.25) is 28.8 Å². The minimum atomic E-state index is -1.45. The normalized spacial score (nSPS) is 12.5. The number of carboxylic acids is 8. The third kappa shape index (κ3) is 47.2. The van der Waals surface area contributed by atoms with E-state index < -0.39 is 103 Å². The van der Waals surface area contributed by atoms with E-state index in [0.29, 0.717) is 12.3 Å². The van der Waals surface area contributed by atoms with Gasteiger partial charge >= 0.3 is 69.0 Å². The van der Waals surface area contributed by atoms with Crippen molar-refractivity contribution in [2.75, 3.05) is 0 Å². The molecular formula is C22H40CaN6O17. The number of aliphatic carboxylic acids is 8. The topological polar surface area (TPSA) is 480 Å². The van der Waals surface area contributed by atoms with Gasteiger partial charge in [0.1, 0.15) is 30.2 Å². The van der Waals surface area contributed by atoms with Crippen molar-refractivity contribution in [2.45, 2.75) is 76.2 Å². The molecule has 0 aromatic carbocycles. The summed E-state index contributed by atoms with van der Waals surface area (Å²) in [5, 5.41) is 69.4. The molecule has 0 rings (SSSR count). The Morgan fingerprint density at radius 3 is 0.761 bits per heavy atom. The van der Waals surface area contributed by atoms with Crippen LogP contribution >= 0.6 is 0 Å². The first-order valence-electron chi connectivity index (χ1n) is 12.0. The van der Waals surface area contributed by atoms with Crippen molar-refractivity contribution in [3.05, 3.63) is 0 Å². The minimum Gasteiger partial charge on any atom is -0.550 e. The standard InChI is InChI=1S/C6H13NO2.C4H8N2O3.3C4H7NO4.Ca/c1-4(2)3-5(7)6(8)9;4*5-2(4(8)9)1-3(6)7;/h4-5H,3,7H2,1-2H3,(H,8,9);2H,1,5H2,(H2,6,7)(H,8,9);3*2H,1,5H2,(H,6,7)(H,8,9);/q;;;;;+2/p-2/t5-;4*2-;/m00000./s1. The number of carboxylic acid groups (broad SMARTS) is 8. The van der Waals surface area contributed by atoms with E-state index in [1.54, 1.807) is 0 Å². The van der Waals surface area contributed by atoms with Crippen LogP contribution in [0.3, 0.4) is 0 Å². The second-order valence-corrected chi connectivity index (χ2v) is 8.75. The fraction of sp³-hybridized carbons (Fsp3) is 0.591. The molecule has 0 aromatic rings. The summed E-state index contributed by atoms with van der Waals surface area (Å²) in [5.74, 6) is -10.8. The predicted molar refractivity (Wildman–Crippen MR) is 147 cm³/mol. The molecule has 23 nitrogen and oxygen atoms in total. The Bertz CT molecular complexity index is 877. The maximum absolute atomic E-state index is 10.1. The number of primary amides is 1. The number of hydrogen-bond acceptors (Lipinski definition) is 17. The fourth-order valence-electron chi connectivity index (χ4n) is 1.71. The molecular weight excluding hydrogens is 660 g/mol. The maximum Gasteiger partial charge on any atom is 2.00 e. The Hall–Kier alpha value is -3.71. The summed E-state index contributed by atoms with van der Waals surface area (Å²) in [6.45, 7) is 3.89. The monoisotopic (exact) mass is 700 g/mol. The Morgan fingerprint density at radius 2 is 0.696 bits per heavy atom. The van der Waals surface area contributed by atoms with E-state index >= 15 is 0 Å². The zero-order valence-electron chi connectivity index (χ0n) is 25.8. The van der Waals surface area contributed by atoms with Crippen LogP contribution in [0.25, 0.3) is 0 Å². The van der Waals surface area contributed by atoms with Crippen molar-refractivity contribution in [3.63, 3.8) is 0 Å². The van der Waals surface area contributed by atoms with Crippen molar-refractivity contribution < 1.29 is 85.4 Å². The summed E-state index contributed by atoms with van der Waals surface area (Å²) in [5.41, 5.74) is 29.2. The van der Waals surface area contributed by atoms with E-state index in [4.69, 9.17) is 54.2 Å². The van der Waals surface area contributed by atoms with E-state index in [1.165, 1.54) is 0 Å². The van der Waals surface area contributed by atoms with Gasteiger partial charge in [-0.1, -0.05) is 13.8 Å². The van der Waals surface area contributed by atoms with Crippen LogP contribution in [0.2, 0.25) is 0 Å². The van der Waals surface area contributed by atoms with Crippen LogP contribution in [0, 0.1) is 5.92 Å². The van der Waals surface area contributed by atoms with Crippen molar-refractivity contribution >= 4 is 91.4 Å². The molecule has 0 unspecified atom stereocenters. The van der Waals surface area contributed by atoms with E-state index in [-0.39, 0.29) is 45.6 Å². The summed E-state index contributed by atoms with van der Waals surface area (Å²) >= 11 is 0. The van der Waals surface area contributed by atoms with E-state index in [9.17, 15) is 58.5 Å². The van der Waals surface area contributed by atoms with Crippen LogP contribution in [0.15, 0.2) is 0 Å². The summed E-state index contributed by atoms with van der Waals surface area (Å²) in [6, 6.07) is -5.91. The van der Waals surface area contributed by atoms with Gasteiger partial charge < -0.3 is 89.6 Å². The summed E-state index contributed by atoms with van der Waals surface area (Å²) < 4.78 is 0. The van der Waals surface area contributed by atoms with Crippen LogP contribution in [0.1, 0.15) is 47.4 Å². The SMILES string of the molecule is CC(C)C[C@H](N)C(=O)O.NC(=O)C[C@H](N)C(=O)O.N[C@@H](CC(=O)[O-])C(=O)O.N[C@@H](CC(=O)[O-])C(=O)O.N[C@@H](CC(=O)[O-])C(=O)O.[Ca+2].[H+]. The number of carbonyl (C=O) groups excluding carboxylic acids is 4. The molecule has 0 bridgehead atoms. The van der Waals surface area contributed by atoms with Gasteiger partial charge in [-0.25, -0.2) is 0 Å². The molecule has 0 saturated carbocycles. The quantitative estimate of drug-likeness (QED) is 0.0706. The van der Waals surface area contributed by atoms with E-state index in [2.05, 4.69) is 5.73 Å². The number of rotatable bonds is 15. The van der Waals surface area contributed by atoms with Crippen LogP contribution < -0.4 is 49.7 Å². The molecule has 262 valence electrons. The molecule has 0 spiro atoms. The third-order valence-electron chi connectivity index (χ3n) is 3.89. The number of carbonyl (C=O) groups is 9. The van der Waals surface area contributed by atoms with Gasteiger partial charge in [-0.05, 0) is 12.3 Å². The molecule has 5 atom stereocenters. The fourth-order valence-corrected chi connectivity index (χ4v) is 1.71. The van der Waals surface area contributed by atoms with Crippen molar-refractivity contribution in [3.8, 4) is 0 Å². The summed E-state index contributed by atoms with van der Waals surface area (Å²) in [6.07, 6.45) is -1.69. The summed E-state index contributed by atoms with van der Waals surface area (Å²) in [7, 11) is 0. The van der Waals surface area contributed by atoms with E-state index in [0.717, 1.165) is 0 Å². The first kappa shape index (κ1) is 54.7. The number of amides is 1. The largest absolute Gasteiger partial charge is 2.00 e. The molecule has 0 radical (unpaired) electrons. The molecule has 0 aromatic heterocycles. The van der Waals surface area contributed by atoms with Gasteiger partial charge in [0.15, 0.2) is 0 Å². The molecule has 0 fully saturated rings. The average molecular weight is 701 g/mol. The zero-order chi connectivity index (χ0) is 37.2. The molecule has 0 aliphatic heterocycles. The van der Waals surface area contributed by atoms with Gasteiger partial charge in [0.05, 0.1) is 6.42 Å². The molecule has 0 heterocycles. The minimum absolute atomic E-state index is 0. The van der Waals surface area contributed by atoms with Gasteiger partial charge in [0.25, 0.3) is 0 Å². The van der Waals surface area contributed by atoms with Gasteiger partial charge in [-0.15, -0.1) is 0 Å². The molecule has 46 heavy (non-hydrogen) atoms. The van der Waals surface area contributed by atoms with E-state index in [1.807, 2.05) is 13.8 Å².